The fraction of sp³-hybridized carbons (Fsp3) is 0.467. The summed E-state index contributed by atoms with van der Waals surface area (Å²) < 4.78 is 26.1. The Bertz CT molecular complexity index is 566. The maximum atomic E-state index is 13.1. The summed E-state index contributed by atoms with van der Waals surface area (Å²) in [5.41, 5.74) is 0.0266. The van der Waals surface area contributed by atoms with Crippen LogP contribution >= 0.6 is 24.2 Å². The van der Waals surface area contributed by atoms with Crippen molar-refractivity contribution in [2.75, 3.05) is 37.0 Å². The van der Waals surface area contributed by atoms with Gasteiger partial charge in [0, 0.05) is 49.3 Å². The molecule has 9 heteroatoms. The van der Waals surface area contributed by atoms with E-state index in [1.807, 2.05) is 0 Å². The number of anilines is 1. The van der Waals surface area contributed by atoms with E-state index in [1.54, 1.807) is 11.8 Å². The van der Waals surface area contributed by atoms with Crippen molar-refractivity contribution in [2.24, 2.45) is 0 Å². The second-order valence-electron chi connectivity index (χ2n) is 5.39. The lowest BCUT2D eigenvalue weighted by Crippen LogP contribution is -2.43. The molecule has 1 heterocycles. The smallest absolute Gasteiger partial charge is 0.243 e. The average Bonchev–Trinajstić information content (AvgIpc) is 2.46. The van der Waals surface area contributed by atoms with Gasteiger partial charge in [-0.05, 0) is 12.1 Å². The topological polar surface area (TPSA) is 61.4 Å². The first-order valence-corrected chi connectivity index (χ1v) is 8.40. The SMILES string of the molecule is CN(CC(=O)Nc1cc(F)cc(F)c1)C(=O)CC1CSCCN1.Cl. The number of halogens is 3. The predicted octanol–water partition coefficient (Wildman–Crippen LogP) is 1.88. The van der Waals surface area contributed by atoms with Gasteiger partial charge in [-0.15, -0.1) is 12.4 Å². The molecule has 1 atom stereocenters. The highest BCUT2D eigenvalue weighted by Gasteiger charge is 2.20. The highest BCUT2D eigenvalue weighted by molar-refractivity contribution is 7.99. The predicted molar refractivity (Wildman–Crippen MR) is 93.6 cm³/mol. The fourth-order valence-corrected chi connectivity index (χ4v) is 3.20. The van der Waals surface area contributed by atoms with E-state index in [4.69, 9.17) is 0 Å². The molecular weight excluding hydrogens is 360 g/mol. The van der Waals surface area contributed by atoms with Crippen LogP contribution in [-0.2, 0) is 9.59 Å². The molecule has 24 heavy (non-hydrogen) atoms. The Labute approximate surface area is 149 Å². The number of nitrogens with zero attached hydrogens (tertiary/aromatic N) is 1. The standard InChI is InChI=1S/C15H19F2N3O2S.ClH/c1-20(15(22)7-13-9-23-3-2-18-13)8-14(21)19-12-5-10(16)4-11(17)6-12;/h4-6,13,18H,2-3,7-9H2,1H3,(H,19,21);1H. The van der Waals surface area contributed by atoms with Crippen LogP contribution in [0.4, 0.5) is 14.5 Å². The molecule has 1 saturated heterocycles. The quantitative estimate of drug-likeness (QED) is 0.820. The molecule has 0 saturated carbocycles. The summed E-state index contributed by atoms with van der Waals surface area (Å²) in [6, 6.07) is 2.88. The van der Waals surface area contributed by atoms with Gasteiger partial charge >= 0.3 is 0 Å². The van der Waals surface area contributed by atoms with E-state index in [0.29, 0.717) is 6.42 Å². The van der Waals surface area contributed by atoms with Gasteiger partial charge in [0.1, 0.15) is 11.6 Å². The van der Waals surface area contributed by atoms with E-state index in [1.165, 1.54) is 11.9 Å². The van der Waals surface area contributed by atoms with Crippen molar-refractivity contribution in [3.63, 3.8) is 0 Å². The van der Waals surface area contributed by atoms with E-state index < -0.39 is 17.5 Å². The molecule has 2 rings (SSSR count). The zero-order chi connectivity index (χ0) is 16.8. The zero-order valence-corrected chi connectivity index (χ0v) is 14.8. The molecule has 0 radical (unpaired) electrons. The fourth-order valence-electron chi connectivity index (χ4n) is 2.25. The van der Waals surface area contributed by atoms with Crippen LogP contribution in [0.1, 0.15) is 6.42 Å². The summed E-state index contributed by atoms with van der Waals surface area (Å²) in [6.45, 7) is 0.703. The minimum Gasteiger partial charge on any atom is -0.336 e. The number of benzene rings is 1. The van der Waals surface area contributed by atoms with Crippen LogP contribution in [0.15, 0.2) is 18.2 Å². The first kappa shape index (κ1) is 20.7. The van der Waals surface area contributed by atoms with E-state index in [0.717, 1.165) is 36.2 Å². The Kier molecular flexibility index (Phi) is 8.44. The summed E-state index contributed by atoms with van der Waals surface area (Å²) in [5, 5.41) is 5.64. The van der Waals surface area contributed by atoms with E-state index in [2.05, 4.69) is 10.6 Å². The van der Waals surface area contributed by atoms with Crippen molar-refractivity contribution >= 4 is 41.7 Å². The second kappa shape index (κ2) is 9.80. The minimum absolute atomic E-state index is 0. The minimum atomic E-state index is -0.773. The Morgan fingerprint density at radius 3 is 2.58 bits per heavy atom. The Hall–Kier alpha value is -1.38. The lowest BCUT2D eigenvalue weighted by molar-refractivity contribution is -0.133. The molecule has 1 aromatic rings. The molecule has 2 N–H and O–H groups in total. The number of carbonyl (C=O) groups excluding carboxylic acids is 2. The average molecular weight is 380 g/mol. The Balaban J connectivity index is 0.00000288. The van der Waals surface area contributed by atoms with Crippen LogP contribution < -0.4 is 10.6 Å². The van der Waals surface area contributed by atoms with Crippen molar-refractivity contribution in [3.8, 4) is 0 Å². The Morgan fingerprint density at radius 2 is 2.00 bits per heavy atom. The molecule has 1 fully saturated rings. The van der Waals surface area contributed by atoms with Crippen molar-refractivity contribution in [1.82, 2.24) is 10.2 Å². The van der Waals surface area contributed by atoms with E-state index in [9.17, 15) is 18.4 Å². The van der Waals surface area contributed by atoms with Crippen molar-refractivity contribution in [2.45, 2.75) is 12.5 Å². The van der Waals surface area contributed by atoms with E-state index in [-0.39, 0.29) is 36.6 Å². The van der Waals surface area contributed by atoms with Gasteiger partial charge in [0.2, 0.25) is 11.8 Å². The summed E-state index contributed by atoms with van der Waals surface area (Å²) in [4.78, 5) is 25.3. The molecule has 1 aliphatic rings. The van der Waals surface area contributed by atoms with Gasteiger partial charge in [0.05, 0.1) is 6.54 Å². The summed E-state index contributed by atoms with van der Waals surface area (Å²) in [5.74, 6) is -0.291. The highest BCUT2D eigenvalue weighted by Crippen LogP contribution is 2.13. The summed E-state index contributed by atoms with van der Waals surface area (Å²) in [7, 11) is 1.53. The first-order valence-electron chi connectivity index (χ1n) is 7.25. The highest BCUT2D eigenvalue weighted by atomic mass is 35.5. The second-order valence-corrected chi connectivity index (χ2v) is 6.54. The van der Waals surface area contributed by atoms with Gasteiger partial charge in [-0.3, -0.25) is 9.59 Å². The normalized spacial score (nSPS) is 16.9. The molecule has 0 bridgehead atoms. The Morgan fingerprint density at radius 1 is 1.33 bits per heavy atom. The molecule has 2 amide bonds. The van der Waals surface area contributed by atoms with Gasteiger partial charge in [0.25, 0.3) is 0 Å². The van der Waals surface area contributed by atoms with Gasteiger partial charge in [-0.25, -0.2) is 8.78 Å². The van der Waals surface area contributed by atoms with Crippen molar-refractivity contribution < 1.29 is 18.4 Å². The molecule has 5 nitrogen and oxygen atoms in total. The molecule has 0 aliphatic carbocycles. The van der Waals surface area contributed by atoms with Crippen LogP contribution in [0, 0.1) is 11.6 Å². The lowest BCUT2D eigenvalue weighted by atomic mass is 10.2. The molecule has 0 aromatic heterocycles. The van der Waals surface area contributed by atoms with Crippen LogP contribution in [0.2, 0.25) is 0 Å². The van der Waals surface area contributed by atoms with Crippen LogP contribution in [0.5, 0.6) is 0 Å². The van der Waals surface area contributed by atoms with Crippen LogP contribution in [-0.4, -0.2) is 54.4 Å². The summed E-state index contributed by atoms with van der Waals surface area (Å²) in [6.07, 6.45) is 0.325. The third kappa shape index (κ3) is 6.62. The molecule has 0 spiro atoms. The monoisotopic (exact) mass is 379 g/mol. The zero-order valence-electron chi connectivity index (χ0n) is 13.2. The van der Waals surface area contributed by atoms with E-state index >= 15 is 0 Å². The van der Waals surface area contributed by atoms with Crippen LogP contribution in [0.25, 0.3) is 0 Å². The van der Waals surface area contributed by atoms with Gasteiger partial charge < -0.3 is 15.5 Å². The van der Waals surface area contributed by atoms with Gasteiger partial charge in [0.15, 0.2) is 0 Å². The third-order valence-electron chi connectivity index (χ3n) is 3.37. The number of hydrogen-bond acceptors (Lipinski definition) is 4. The summed E-state index contributed by atoms with van der Waals surface area (Å²) >= 11 is 1.79. The van der Waals surface area contributed by atoms with Crippen molar-refractivity contribution in [3.05, 3.63) is 29.8 Å². The molecule has 1 aromatic carbocycles. The molecule has 134 valence electrons. The molecule has 1 unspecified atom stereocenters. The number of hydrogen-bond donors (Lipinski definition) is 2. The lowest BCUT2D eigenvalue weighted by Gasteiger charge is -2.25. The molecule has 1 aliphatic heterocycles. The molecular formula is C15H20ClF2N3O2S. The largest absolute Gasteiger partial charge is 0.336 e. The maximum Gasteiger partial charge on any atom is 0.243 e. The third-order valence-corrected chi connectivity index (χ3v) is 4.50. The van der Waals surface area contributed by atoms with Gasteiger partial charge in [-0.1, -0.05) is 0 Å². The number of nitrogens with one attached hydrogen (secondary N) is 2. The number of amides is 2. The van der Waals surface area contributed by atoms with Gasteiger partial charge in [-0.2, -0.15) is 11.8 Å². The number of carbonyl (C=O) groups is 2. The maximum absolute atomic E-state index is 13.1. The van der Waals surface area contributed by atoms with Crippen molar-refractivity contribution in [1.29, 1.82) is 0 Å². The number of thioether (sulfide) groups is 1. The first-order chi connectivity index (χ1) is 10.9. The van der Waals surface area contributed by atoms with Crippen LogP contribution in [0.3, 0.4) is 0 Å². The number of likely N-dealkylation sites (N-methyl/N-ethyl adjacent to an activating group) is 1. The number of rotatable bonds is 5.